The third-order valence-corrected chi connectivity index (χ3v) is 4.35. The van der Waals surface area contributed by atoms with Crippen molar-refractivity contribution in [2.45, 2.75) is 32.4 Å². The van der Waals surface area contributed by atoms with Crippen molar-refractivity contribution >= 4 is 16.7 Å². The van der Waals surface area contributed by atoms with Crippen molar-refractivity contribution in [2.75, 3.05) is 0 Å². The average molecular weight is 333 g/mol. The van der Waals surface area contributed by atoms with Gasteiger partial charge in [-0.25, -0.2) is 0 Å². The van der Waals surface area contributed by atoms with Gasteiger partial charge in [-0.1, -0.05) is 73.7 Å². The molecule has 1 N–H and O–H groups in total. The molecule has 0 fully saturated rings. The first-order chi connectivity index (χ1) is 12.2. The van der Waals surface area contributed by atoms with Crippen LogP contribution in [0.15, 0.2) is 72.8 Å². The first-order valence-corrected chi connectivity index (χ1v) is 8.68. The third kappa shape index (κ3) is 4.00. The van der Waals surface area contributed by atoms with Crippen LogP contribution >= 0.6 is 0 Å². The summed E-state index contributed by atoms with van der Waals surface area (Å²) in [6.07, 6.45) is 0.264. The Labute approximate surface area is 148 Å². The summed E-state index contributed by atoms with van der Waals surface area (Å²) in [4.78, 5) is 12.6. The minimum atomic E-state index is -0.566. The fourth-order valence-electron chi connectivity index (χ4n) is 2.94. The van der Waals surface area contributed by atoms with Gasteiger partial charge >= 0.3 is 0 Å². The van der Waals surface area contributed by atoms with Gasteiger partial charge in [0, 0.05) is 5.39 Å². The van der Waals surface area contributed by atoms with Crippen LogP contribution in [0.5, 0.6) is 5.75 Å². The highest BCUT2D eigenvalue weighted by atomic mass is 16.5. The second kappa shape index (κ2) is 7.84. The summed E-state index contributed by atoms with van der Waals surface area (Å²) in [6.45, 7) is 3.85. The van der Waals surface area contributed by atoms with E-state index in [0.717, 1.165) is 28.5 Å². The topological polar surface area (TPSA) is 38.3 Å². The van der Waals surface area contributed by atoms with Crippen LogP contribution in [0.2, 0.25) is 0 Å². The number of rotatable bonds is 6. The molecule has 0 bridgehead atoms. The molecule has 0 aliphatic rings. The van der Waals surface area contributed by atoms with E-state index in [2.05, 4.69) is 12.2 Å². The molecule has 1 amide bonds. The smallest absolute Gasteiger partial charge is 0.261 e. The molecule has 3 heteroatoms. The Morgan fingerprint density at radius 1 is 0.960 bits per heavy atom. The van der Waals surface area contributed by atoms with Crippen LogP contribution in [0.25, 0.3) is 10.8 Å². The van der Waals surface area contributed by atoms with Crippen molar-refractivity contribution in [3.8, 4) is 5.75 Å². The molecule has 0 aliphatic heterocycles. The minimum Gasteiger partial charge on any atom is -0.480 e. The number of ether oxygens (including phenoxy) is 1. The fraction of sp³-hybridized carbons (Fsp3) is 0.227. The Morgan fingerprint density at radius 3 is 2.40 bits per heavy atom. The molecule has 3 rings (SSSR count). The summed E-state index contributed by atoms with van der Waals surface area (Å²) < 4.78 is 5.96. The summed E-state index contributed by atoms with van der Waals surface area (Å²) in [6, 6.07) is 23.9. The first kappa shape index (κ1) is 17.0. The Kier molecular flexibility index (Phi) is 5.34. The number of fused-ring (bicyclic) bond motifs is 1. The molecule has 2 atom stereocenters. The van der Waals surface area contributed by atoms with Crippen molar-refractivity contribution in [3.05, 3.63) is 78.4 Å². The number of carbonyl (C=O) groups is 1. The molecule has 0 unspecified atom stereocenters. The lowest BCUT2D eigenvalue weighted by atomic mass is 10.0. The normalized spacial score (nSPS) is 13.2. The van der Waals surface area contributed by atoms with E-state index in [4.69, 9.17) is 4.74 Å². The molecule has 3 aromatic rings. The minimum absolute atomic E-state index is 0.00716. The Balaban J connectivity index is 1.72. The van der Waals surface area contributed by atoms with Crippen molar-refractivity contribution in [1.82, 2.24) is 5.32 Å². The van der Waals surface area contributed by atoms with E-state index in [1.54, 1.807) is 6.92 Å². The largest absolute Gasteiger partial charge is 0.480 e. The van der Waals surface area contributed by atoms with E-state index >= 15 is 0 Å². The zero-order chi connectivity index (χ0) is 17.6. The standard InChI is InChI=1S/C22H23NO2/c1-3-20(18-11-5-4-6-12-18)23-22(24)16(2)25-21-15-9-13-17-10-7-8-14-19(17)21/h4-16,20H,3H2,1-2H3,(H,23,24)/t16-,20-/m1/s1. The van der Waals surface area contributed by atoms with Crippen molar-refractivity contribution in [1.29, 1.82) is 0 Å². The SMILES string of the molecule is CC[C@@H](NC(=O)[C@@H](C)Oc1cccc2ccccc12)c1ccccc1. The van der Waals surface area contributed by atoms with E-state index in [0.29, 0.717) is 0 Å². The summed E-state index contributed by atoms with van der Waals surface area (Å²) in [7, 11) is 0. The Morgan fingerprint density at radius 2 is 1.64 bits per heavy atom. The average Bonchev–Trinajstić information content (AvgIpc) is 2.67. The lowest BCUT2D eigenvalue weighted by Gasteiger charge is -2.21. The molecular weight excluding hydrogens is 310 g/mol. The zero-order valence-electron chi connectivity index (χ0n) is 14.6. The van der Waals surface area contributed by atoms with Gasteiger partial charge in [0.05, 0.1) is 6.04 Å². The summed E-state index contributed by atoms with van der Waals surface area (Å²) >= 11 is 0. The maximum Gasteiger partial charge on any atom is 0.261 e. The molecule has 0 saturated heterocycles. The van der Waals surface area contributed by atoms with Crippen LogP contribution in [0.4, 0.5) is 0 Å². The summed E-state index contributed by atoms with van der Waals surface area (Å²) in [5, 5.41) is 5.20. The molecule has 25 heavy (non-hydrogen) atoms. The number of amides is 1. The second-order valence-corrected chi connectivity index (χ2v) is 6.12. The number of hydrogen-bond acceptors (Lipinski definition) is 2. The van der Waals surface area contributed by atoms with Crippen molar-refractivity contribution in [2.24, 2.45) is 0 Å². The highest BCUT2D eigenvalue weighted by Crippen LogP contribution is 2.26. The zero-order valence-corrected chi connectivity index (χ0v) is 14.6. The highest BCUT2D eigenvalue weighted by molar-refractivity contribution is 5.89. The molecule has 3 aromatic carbocycles. The summed E-state index contributed by atoms with van der Waals surface area (Å²) in [5.74, 6) is 0.622. The predicted molar refractivity (Wildman–Crippen MR) is 102 cm³/mol. The first-order valence-electron chi connectivity index (χ1n) is 8.68. The van der Waals surface area contributed by atoms with Gasteiger partial charge in [-0.2, -0.15) is 0 Å². The van der Waals surface area contributed by atoms with Gasteiger partial charge in [0.25, 0.3) is 5.91 Å². The summed E-state index contributed by atoms with van der Waals surface area (Å²) in [5.41, 5.74) is 1.11. The Bertz CT molecular complexity index is 840. The molecule has 0 heterocycles. The van der Waals surface area contributed by atoms with Gasteiger partial charge in [-0.05, 0) is 30.4 Å². The van der Waals surface area contributed by atoms with Crippen LogP contribution in [-0.2, 0) is 4.79 Å². The van der Waals surface area contributed by atoms with Gasteiger partial charge in [0.15, 0.2) is 6.10 Å². The lowest BCUT2D eigenvalue weighted by molar-refractivity contribution is -0.128. The van der Waals surface area contributed by atoms with Crippen molar-refractivity contribution < 1.29 is 9.53 Å². The van der Waals surface area contributed by atoms with Crippen LogP contribution in [0.1, 0.15) is 31.9 Å². The number of hydrogen-bond donors (Lipinski definition) is 1. The second-order valence-electron chi connectivity index (χ2n) is 6.12. The lowest BCUT2D eigenvalue weighted by Crippen LogP contribution is -2.38. The molecule has 0 spiro atoms. The predicted octanol–water partition coefficient (Wildman–Crippen LogP) is 4.87. The molecule has 0 saturated carbocycles. The molecule has 0 radical (unpaired) electrons. The van der Waals surface area contributed by atoms with Crippen LogP contribution in [0.3, 0.4) is 0 Å². The van der Waals surface area contributed by atoms with Crippen molar-refractivity contribution in [3.63, 3.8) is 0 Å². The third-order valence-electron chi connectivity index (χ3n) is 4.35. The van der Waals surface area contributed by atoms with Gasteiger partial charge < -0.3 is 10.1 Å². The quantitative estimate of drug-likeness (QED) is 0.698. The maximum absolute atomic E-state index is 12.6. The van der Waals surface area contributed by atoms with Gasteiger partial charge in [0.2, 0.25) is 0 Å². The van der Waals surface area contributed by atoms with E-state index < -0.39 is 6.10 Å². The molecule has 3 nitrogen and oxygen atoms in total. The van der Waals surface area contributed by atoms with Crippen LogP contribution in [0, 0.1) is 0 Å². The van der Waals surface area contributed by atoms with Crippen LogP contribution in [-0.4, -0.2) is 12.0 Å². The maximum atomic E-state index is 12.6. The van der Waals surface area contributed by atoms with E-state index in [-0.39, 0.29) is 11.9 Å². The van der Waals surface area contributed by atoms with E-state index in [1.807, 2.05) is 72.8 Å². The van der Waals surface area contributed by atoms with Crippen LogP contribution < -0.4 is 10.1 Å². The van der Waals surface area contributed by atoms with Gasteiger partial charge in [-0.3, -0.25) is 4.79 Å². The molecule has 0 aliphatic carbocycles. The number of benzene rings is 3. The van der Waals surface area contributed by atoms with Gasteiger partial charge in [0.1, 0.15) is 5.75 Å². The number of carbonyl (C=O) groups excluding carboxylic acids is 1. The monoisotopic (exact) mass is 333 g/mol. The molecule has 128 valence electrons. The van der Waals surface area contributed by atoms with E-state index in [1.165, 1.54) is 0 Å². The van der Waals surface area contributed by atoms with E-state index in [9.17, 15) is 4.79 Å². The molecular formula is C22H23NO2. The highest BCUT2D eigenvalue weighted by Gasteiger charge is 2.19. The number of nitrogens with one attached hydrogen (secondary N) is 1. The van der Waals surface area contributed by atoms with Gasteiger partial charge in [-0.15, -0.1) is 0 Å². The Hall–Kier alpha value is -2.81. The molecule has 0 aromatic heterocycles. The fourth-order valence-corrected chi connectivity index (χ4v) is 2.94.